The average Bonchev–Trinajstić information content (AvgIpc) is 2.52. The Morgan fingerprint density at radius 1 is 1.31 bits per heavy atom. The van der Waals surface area contributed by atoms with E-state index in [1.807, 2.05) is 0 Å². The second-order valence-corrected chi connectivity index (χ2v) is 3.46. The number of nitrogens with two attached hydrogens (primary N) is 1. The number of benzene rings is 1. The lowest BCUT2D eigenvalue weighted by molar-refractivity contribution is 0.628. The van der Waals surface area contributed by atoms with E-state index in [9.17, 15) is 4.39 Å². The normalized spacial score (nSPS) is 10.2. The van der Waals surface area contributed by atoms with Gasteiger partial charge in [-0.15, -0.1) is 0 Å². The van der Waals surface area contributed by atoms with Crippen LogP contribution in [0, 0.1) is 5.82 Å². The molecule has 4 heteroatoms. The maximum Gasteiger partial charge on any atom is 0.123 e. The molecule has 0 radical (unpaired) electrons. The molecule has 0 spiro atoms. The SMILES string of the molecule is Nc1cc(-c2cccc(F)c2)ns1. The molecule has 1 heterocycles. The van der Waals surface area contributed by atoms with Gasteiger partial charge in [0.05, 0.1) is 5.69 Å². The Morgan fingerprint density at radius 3 is 2.77 bits per heavy atom. The predicted molar refractivity (Wildman–Crippen MR) is 51.9 cm³/mol. The summed E-state index contributed by atoms with van der Waals surface area (Å²) in [7, 11) is 0. The Labute approximate surface area is 79.0 Å². The van der Waals surface area contributed by atoms with Crippen LogP contribution in [0.25, 0.3) is 11.3 Å². The highest BCUT2D eigenvalue weighted by Gasteiger charge is 2.02. The van der Waals surface area contributed by atoms with Gasteiger partial charge in [0.25, 0.3) is 0 Å². The standard InChI is InChI=1S/C9H7FN2S/c10-7-3-1-2-6(4-7)8-5-9(11)13-12-8/h1-5H,11H2. The minimum absolute atomic E-state index is 0.260. The first-order valence-electron chi connectivity index (χ1n) is 3.74. The molecule has 2 rings (SSSR count). The molecule has 66 valence electrons. The van der Waals surface area contributed by atoms with Gasteiger partial charge in [0.1, 0.15) is 10.8 Å². The summed E-state index contributed by atoms with van der Waals surface area (Å²) >= 11 is 1.21. The number of aromatic nitrogens is 1. The lowest BCUT2D eigenvalue weighted by Crippen LogP contribution is -1.79. The van der Waals surface area contributed by atoms with Crippen molar-refractivity contribution in [3.63, 3.8) is 0 Å². The fraction of sp³-hybridized carbons (Fsp3) is 0. The first-order chi connectivity index (χ1) is 6.25. The van der Waals surface area contributed by atoms with E-state index < -0.39 is 0 Å². The molecule has 2 nitrogen and oxygen atoms in total. The van der Waals surface area contributed by atoms with E-state index in [1.54, 1.807) is 18.2 Å². The zero-order chi connectivity index (χ0) is 9.26. The summed E-state index contributed by atoms with van der Waals surface area (Å²) in [5.41, 5.74) is 7.00. The highest BCUT2D eigenvalue weighted by atomic mass is 32.1. The van der Waals surface area contributed by atoms with Crippen LogP contribution in [0.4, 0.5) is 9.39 Å². The first kappa shape index (κ1) is 8.19. The molecule has 0 atom stereocenters. The molecule has 0 fully saturated rings. The molecule has 0 saturated carbocycles. The molecule has 0 saturated heterocycles. The summed E-state index contributed by atoms with van der Waals surface area (Å²) in [6.07, 6.45) is 0. The van der Waals surface area contributed by atoms with Crippen LogP contribution >= 0.6 is 11.5 Å². The second-order valence-electron chi connectivity index (χ2n) is 2.62. The van der Waals surface area contributed by atoms with Crippen molar-refractivity contribution in [1.29, 1.82) is 0 Å². The number of rotatable bonds is 1. The minimum Gasteiger partial charge on any atom is -0.389 e. The Kier molecular flexibility index (Phi) is 1.98. The minimum atomic E-state index is -0.260. The van der Waals surface area contributed by atoms with Gasteiger partial charge in [-0.2, -0.15) is 4.37 Å². The number of nitrogen functional groups attached to an aromatic ring is 1. The Balaban J connectivity index is 2.46. The van der Waals surface area contributed by atoms with Crippen molar-refractivity contribution in [3.8, 4) is 11.3 Å². The maximum atomic E-state index is 12.8. The fourth-order valence-corrected chi connectivity index (χ4v) is 1.60. The van der Waals surface area contributed by atoms with Gasteiger partial charge < -0.3 is 5.73 Å². The number of anilines is 1. The van der Waals surface area contributed by atoms with Gasteiger partial charge in [-0.05, 0) is 23.7 Å². The molecule has 0 aliphatic rings. The van der Waals surface area contributed by atoms with Crippen LogP contribution in [-0.2, 0) is 0 Å². The van der Waals surface area contributed by atoms with Crippen molar-refractivity contribution in [1.82, 2.24) is 4.37 Å². The zero-order valence-electron chi connectivity index (χ0n) is 6.70. The van der Waals surface area contributed by atoms with Gasteiger partial charge in [0.2, 0.25) is 0 Å². The first-order valence-corrected chi connectivity index (χ1v) is 4.51. The van der Waals surface area contributed by atoms with Crippen molar-refractivity contribution in [2.75, 3.05) is 5.73 Å². The van der Waals surface area contributed by atoms with E-state index in [2.05, 4.69) is 4.37 Å². The monoisotopic (exact) mass is 194 g/mol. The number of nitrogens with zero attached hydrogens (tertiary/aromatic N) is 1. The van der Waals surface area contributed by atoms with Gasteiger partial charge >= 0.3 is 0 Å². The fourth-order valence-electron chi connectivity index (χ4n) is 1.07. The van der Waals surface area contributed by atoms with Crippen LogP contribution in [0.15, 0.2) is 30.3 Å². The maximum absolute atomic E-state index is 12.8. The molecule has 0 bridgehead atoms. The lowest BCUT2D eigenvalue weighted by Gasteiger charge is -1.94. The van der Waals surface area contributed by atoms with Crippen LogP contribution in [0.2, 0.25) is 0 Å². The molecule has 13 heavy (non-hydrogen) atoms. The second kappa shape index (κ2) is 3.14. The van der Waals surface area contributed by atoms with Gasteiger partial charge in [-0.25, -0.2) is 4.39 Å². The smallest absolute Gasteiger partial charge is 0.123 e. The molecule has 0 aliphatic heterocycles. The van der Waals surface area contributed by atoms with Crippen molar-refractivity contribution < 1.29 is 4.39 Å². The number of hydrogen-bond donors (Lipinski definition) is 1. The molecular weight excluding hydrogens is 187 g/mol. The highest BCUT2D eigenvalue weighted by molar-refractivity contribution is 7.10. The molecule has 2 N–H and O–H groups in total. The van der Waals surface area contributed by atoms with Gasteiger partial charge in [0, 0.05) is 11.6 Å². The average molecular weight is 194 g/mol. The van der Waals surface area contributed by atoms with Gasteiger partial charge in [-0.3, -0.25) is 0 Å². The van der Waals surface area contributed by atoms with Crippen molar-refractivity contribution >= 4 is 16.5 Å². The van der Waals surface area contributed by atoms with E-state index >= 15 is 0 Å². The summed E-state index contributed by atoms with van der Waals surface area (Å²) in [5.74, 6) is -0.260. The van der Waals surface area contributed by atoms with Gasteiger partial charge in [-0.1, -0.05) is 12.1 Å². The van der Waals surface area contributed by atoms with E-state index in [0.29, 0.717) is 5.00 Å². The summed E-state index contributed by atoms with van der Waals surface area (Å²) in [6, 6.07) is 8.03. The van der Waals surface area contributed by atoms with Crippen molar-refractivity contribution in [2.24, 2.45) is 0 Å². The van der Waals surface area contributed by atoms with E-state index in [4.69, 9.17) is 5.73 Å². The van der Waals surface area contributed by atoms with Crippen molar-refractivity contribution in [2.45, 2.75) is 0 Å². The third-order valence-corrected chi connectivity index (χ3v) is 2.27. The predicted octanol–water partition coefficient (Wildman–Crippen LogP) is 2.53. The molecular formula is C9H7FN2S. The lowest BCUT2D eigenvalue weighted by atomic mass is 10.1. The molecule has 2 aromatic rings. The third kappa shape index (κ3) is 1.67. The van der Waals surface area contributed by atoms with Crippen LogP contribution in [0.1, 0.15) is 0 Å². The van der Waals surface area contributed by atoms with Crippen molar-refractivity contribution in [3.05, 3.63) is 36.1 Å². The van der Waals surface area contributed by atoms with Crippen LogP contribution in [0.5, 0.6) is 0 Å². The number of halogens is 1. The molecule has 0 unspecified atom stereocenters. The summed E-state index contributed by atoms with van der Waals surface area (Å²) in [5, 5.41) is 0.638. The molecule has 0 amide bonds. The van der Waals surface area contributed by atoms with E-state index in [-0.39, 0.29) is 5.82 Å². The molecule has 1 aromatic carbocycles. The number of hydrogen-bond acceptors (Lipinski definition) is 3. The third-order valence-electron chi connectivity index (χ3n) is 1.65. The molecule has 0 aliphatic carbocycles. The Bertz CT molecular complexity index is 425. The van der Waals surface area contributed by atoms with Crippen LogP contribution < -0.4 is 5.73 Å². The van der Waals surface area contributed by atoms with E-state index in [0.717, 1.165) is 11.3 Å². The Morgan fingerprint density at radius 2 is 2.15 bits per heavy atom. The molecule has 1 aromatic heterocycles. The quantitative estimate of drug-likeness (QED) is 0.757. The zero-order valence-corrected chi connectivity index (χ0v) is 7.51. The largest absolute Gasteiger partial charge is 0.389 e. The van der Waals surface area contributed by atoms with Crippen LogP contribution in [0.3, 0.4) is 0 Å². The van der Waals surface area contributed by atoms with Crippen LogP contribution in [-0.4, -0.2) is 4.37 Å². The topological polar surface area (TPSA) is 38.9 Å². The van der Waals surface area contributed by atoms with Gasteiger partial charge in [0.15, 0.2) is 0 Å². The summed E-state index contributed by atoms with van der Waals surface area (Å²) < 4.78 is 16.9. The van der Waals surface area contributed by atoms with E-state index in [1.165, 1.54) is 23.7 Å². The summed E-state index contributed by atoms with van der Waals surface area (Å²) in [4.78, 5) is 0. The highest BCUT2D eigenvalue weighted by Crippen LogP contribution is 2.23. The Hall–Kier alpha value is -1.42. The summed E-state index contributed by atoms with van der Waals surface area (Å²) in [6.45, 7) is 0.